The fourth-order valence-corrected chi connectivity index (χ4v) is 6.16. The van der Waals surface area contributed by atoms with E-state index >= 15 is 0 Å². The van der Waals surface area contributed by atoms with Crippen molar-refractivity contribution in [3.8, 4) is 0 Å². The SMILES string of the molecule is CC/C=C\C/C=C\C/C=C\C/C=C\CCCCCCC(=O)OCC(COCCCCCCCCCCCCCC)OC(=O)CC/C=C\C/C=C\C/C=C\C/C=C\CC. The second-order valence-corrected chi connectivity index (χ2v) is 15.3. The van der Waals surface area contributed by atoms with E-state index in [1.165, 1.54) is 64.2 Å². The van der Waals surface area contributed by atoms with Gasteiger partial charge in [0.25, 0.3) is 0 Å². The molecule has 0 N–H and O–H groups in total. The number of ether oxygens (including phenoxy) is 3. The third-order valence-corrected chi connectivity index (χ3v) is 9.63. The molecule has 0 aromatic heterocycles. The molecule has 0 saturated carbocycles. The summed E-state index contributed by atoms with van der Waals surface area (Å²) in [6.45, 7) is 7.48. The standard InChI is InChI=1S/C53H88O5/c1-4-7-10-13-16-19-22-25-26-27-28-30-31-34-37-40-43-46-52(54)57-50-51(49-56-48-45-42-39-36-33-24-21-18-15-12-9-6-3)58-53(55)47-44-41-38-35-32-29-23-20-17-14-11-8-5-2/h7-8,10-11,16-17,19-20,25-26,28-30,32,38,41,51H,4-6,9,12-15,18,21-24,27,31,33-37,39-40,42-50H2,1-3H3/b10-7-,11-8-,19-16-,20-17-,26-25-,30-28-,32-29-,41-38-. The number of rotatable bonds is 42. The van der Waals surface area contributed by atoms with Crippen LogP contribution in [-0.4, -0.2) is 37.9 Å². The summed E-state index contributed by atoms with van der Waals surface area (Å²) < 4.78 is 17.2. The van der Waals surface area contributed by atoms with E-state index in [-0.39, 0.29) is 25.2 Å². The molecule has 0 aromatic carbocycles. The molecule has 0 aliphatic carbocycles. The molecule has 0 heterocycles. The smallest absolute Gasteiger partial charge is 0.306 e. The van der Waals surface area contributed by atoms with Crippen molar-refractivity contribution in [1.82, 2.24) is 0 Å². The van der Waals surface area contributed by atoms with Crippen LogP contribution in [0.4, 0.5) is 0 Å². The molecule has 0 radical (unpaired) electrons. The van der Waals surface area contributed by atoms with Crippen LogP contribution in [0.2, 0.25) is 0 Å². The number of unbranched alkanes of at least 4 members (excludes halogenated alkanes) is 15. The number of carbonyl (C=O) groups excluding carboxylic acids is 2. The maximum absolute atomic E-state index is 12.7. The molecule has 0 spiro atoms. The molecule has 0 rings (SSSR count). The highest BCUT2D eigenvalue weighted by Gasteiger charge is 2.17. The molecule has 1 unspecified atom stereocenters. The predicted octanol–water partition coefficient (Wildman–Crippen LogP) is 15.9. The number of hydrogen-bond donors (Lipinski definition) is 0. The van der Waals surface area contributed by atoms with Gasteiger partial charge in [0, 0.05) is 19.4 Å². The topological polar surface area (TPSA) is 61.8 Å². The maximum atomic E-state index is 12.7. The molecular weight excluding hydrogens is 717 g/mol. The molecule has 58 heavy (non-hydrogen) atoms. The van der Waals surface area contributed by atoms with Crippen molar-refractivity contribution < 1.29 is 23.8 Å². The van der Waals surface area contributed by atoms with E-state index in [1.54, 1.807) is 0 Å². The van der Waals surface area contributed by atoms with Gasteiger partial charge in [-0.2, -0.15) is 0 Å². The van der Waals surface area contributed by atoms with Crippen LogP contribution in [0, 0.1) is 0 Å². The first kappa shape index (κ1) is 54.8. The Bertz CT molecular complexity index is 1140. The minimum Gasteiger partial charge on any atom is -0.462 e. The Morgan fingerprint density at radius 2 is 0.810 bits per heavy atom. The van der Waals surface area contributed by atoms with Crippen LogP contribution in [0.3, 0.4) is 0 Å². The number of carbonyl (C=O) groups is 2. The number of hydrogen-bond acceptors (Lipinski definition) is 5. The summed E-state index contributed by atoms with van der Waals surface area (Å²) in [7, 11) is 0. The van der Waals surface area contributed by atoms with E-state index in [2.05, 4.69) is 112 Å². The van der Waals surface area contributed by atoms with Gasteiger partial charge in [0.1, 0.15) is 6.61 Å². The van der Waals surface area contributed by atoms with Crippen molar-refractivity contribution >= 4 is 11.9 Å². The van der Waals surface area contributed by atoms with E-state index in [1.807, 2.05) is 6.08 Å². The second kappa shape index (κ2) is 48.2. The monoisotopic (exact) mass is 805 g/mol. The minimum absolute atomic E-state index is 0.0405. The van der Waals surface area contributed by atoms with Gasteiger partial charge in [-0.1, -0.05) is 201 Å². The van der Waals surface area contributed by atoms with Gasteiger partial charge < -0.3 is 14.2 Å². The molecule has 5 heteroatoms. The van der Waals surface area contributed by atoms with E-state index < -0.39 is 6.10 Å². The Morgan fingerprint density at radius 1 is 0.397 bits per heavy atom. The van der Waals surface area contributed by atoms with E-state index in [4.69, 9.17) is 14.2 Å². The highest BCUT2D eigenvalue weighted by Crippen LogP contribution is 2.13. The second-order valence-electron chi connectivity index (χ2n) is 15.3. The molecule has 0 saturated heterocycles. The normalized spacial score (nSPS) is 13.1. The number of esters is 2. The average molecular weight is 805 g/mol. The van der Waals surface area contributed by atoms with Crippen molar-refractivity contribution in [2.75, 3.05) is 19.8 Å². The van der Waals surface area contributed by atoms with E-state index in [0.29, 0.717) is 25.9 Å². The van der Waals surface area contributed by atoms with Crippen LogP contribution in [0.1, 0.15) is 201 Å². The maximum Gasteiger partial charge on any atom is 0.306 e. The van der Waals surface area contributed by atoms with Gasteiger partial charge >= 0.3 is 11.9 Å². The number of allylic oxidation sites excluding steroid dienone is 16. The van der Waals surface area contributed by atoms with Crippen molar-refractivity contribution in [2.45, 2.75) is 207 Å². The molecular formula is C53H88O5. The van der Waals surface area contributed by atoms with Crippen LogP contribution in [0.15, 0.2) is 97.2 Å². The zero-order valence-electron chi connectivity index (χ0n) is 37.8. The summed E-state index contributed by atoms with van der Waals surface area (Å²) in [5.41, 5.74) is 0. The molecule has 0 amide bonds. The Morgan fingerprint density at radius 3 is 1.31 bits per heavy atom. The first-order valence-corrected chi connectivity index (χ1v) is 23.8. The molecule has 5 nitrogen and oxygen atoms in total. The Balaban J connectivity index is 4.40. The van der Waals surface area contributed by atoms with Crippen LogP contribution < -0.4 is 0 Å². The summed E-state index contributed by atoms with van der Waals surface area (Å²) in [4.78, 5) is 25.3. The van der Waals surface area contributed by atoms with Crippen LogP contribution in [0.5, 0.6) is 0 Å². The van der Waals surface area contributed by atoms with Crippen molar-refractivity contribution in [3.05, 3.63) is 97.2 Å². The molecule has 0 aliphatic rings. The van der Waals surface area contributed by atoms with Crippen molar-refractivity contribution in [2.24, 2.45) is 0 Å². The van der Waals surface area contributed by atoms with Gasteiger partial charge in [0.05, 0.1) is 6.61 Å². The summed E-state index contributed by atoms with van der Waals surface area (Å²) >= 11 is 0. The average Bonchev–Trinajstić information content (AvgIpc) is 3.22. The van der Waals surface area contributed by atoms with Gasteiger partial charge in [-0.3, -0.25) is 9.59 Å². The highest BCUT2D eigenvalue weighted by atomic mass is 16.6. The molecule has 0 aliphatic heterocycles. The third kappa shape index (κ3) is 45.5. The van der Waals surface area contributed by atoms with Gasteiger partial charge in [-0.15, -0.1) is 0 Å². The van der Waals surface area contributed by atoms with Gasteiger partial charge in [-0.25, -0.2) is 0 Å². The van der Waals surface area contributed by atoms with Crippen LogP contribution >= 0.6 is 0 Å². The van der Waals surface area contributed by atoms with Gasteiger partial charge in [0.2, 0.25) is 0 Å². The fourth-order valence-electron chi connectivity index (χ4n) is 6.16. The van der Waals surface area contributed by atoms with Crippen LogP contribution in [0.25, 0.3) is 0 Å². The molecule has 0 aromatic rings. The van der Waals surface area contributed by atoms with Crippen LogP contribution in [-0.2, 0) is 23.8 Å². The van der Waals surface area contributed by atoms with Gasteiger partial charge in [0.15, 0.2) is 6.10 Å². The zero-order chi connectivity index (χ0) is 42.1. The van der Waals surface area contributed by atoms with E-state index in [9.17, 15) is 9.59 Å². The summed E-state index contributed by atoms with van der Waals surface area (Å²) in [6.07, 6.45) is 64.2. The lowest BCUT2D eigenvalue weighted by atomic mass is 10.1. The first-order valence-electron chi connectivity index (χ1n) is 23.8. The fraction of sp³-hybridized carbons (Fsp3) is 0.660. The summed E-state index contributed by atoms with van der Waals surface area (Å²) in [5, 5.41) is 0. The molecule has 330 valence electrons. The lowest BCUT2D eigenvalue weighted by Crippen LogP contribution is -2.30. The lowest BCUT2D eigenvalue weighted by Gasteiger charge is -2.18. The van der Waals surface area contributed by atoms with Crippen molar-refractivity contribution in [1.29, 1.82) is 0 Å². The quantitative estimate of drug-likeness (QED) is 0.0349. The lowest BCUT2D eigenvalue weighted by molar-refractivity contribution is -0.162. The zero-order valence-corrected chi connectivity index (χ0v) is 37.8. The largest absolute Gasteiger partial charge is 0.462 e. The van der Waals surface area contributed by atoms with Gasteiger partial charge in [-0.05, 0) is 83.5 Å². The van der Waals surface area contributed by atoms with E-state index in [0.717, 1.165) is 96.3 Å². The third-order valence-electron chi connectivity index (χ3n) is 9.63. The summed E-state index contributed by atoms with van der Waals surface area (Å²) in [6, 6.07) is 0. The predicted molar refractivity (Wildman–Crippen MR) is 251 cm³/mol. The first-order chi connectivity index (χ1) is 28.6. The highest BCUT2D eigenvalue weighted by molar-refractivity contribution is 5.70. The molecule has 0 fully saturated rings. The molecule has 1 atom stereocenters. The minimum atomic E-state index is -0.586. The Labute approximate surface area is 358 Å². The summed E-state index contributed by atoms with van der Waals surface area (Å²) in [5.74, 6) is -0.522. The molecule has 0 bridgehead atoms. The van der Waals surface area contributed by atoms with Crippen molar-refractivity contribution in [3.63, 3.8) is 0 Å². The Hall–Kier alpha value is -3.18. The Kier molecular flexibility index (Phi) is 45.5.